The number of carbonyl (C=O) groups excluding carboxylic acids is 2. The summed E-state index contributed by atoms with van der Waals surface area (Å²) in [5.41, 5.74) is 0. The summed E-state index contributed by atoms with van der Waals surface area (Å²) in [4.78, 5) is 26.3. The molecule has 3 fully saturated rings. The van der Waals surface area contributed by atoms with Gasteiger partial charge < -0.3 is 15.5 Å². The third-order valence-corrected chi connectivity index (χ3v) is 5.75. The lowest BCUT2D eigenvalue weighted by Crippen LogP contribution is -2.47. The SMILES string of the molecule is CC(CC(=O)NC1CCN(C(=O)C2CC2)CC1)C1CCCNC1.Cl. The highest BCUT2D eigenvalue weighted by molar-refractivity contribution is 5.85. The van der Waals surface area contributed by atoms with Crippen LogP contribution in [0.15, 0.2) is 0 Å². The number of hydrogen-bond acceptors (Lipinski definition) is 3. The fourth-order valence-electron chi connectivity index (χ4n) is 3.94. The smallest absolute Gasteiger partial charge is 0.225 e. The maximum atomic E-state index is 12.3. The van der Waals surface area contributed by atoms with Gasteiger partial charge in [-0.15, -0.1) is 12.4 Å². The molecule has 2 heterocycles. The van der Waals surface area contributed by atoms with Crippen molar-refractivity contribution >= 4 is 24.2 Å². The molecule has 24 heavy (non-hydrogen) atoms. The van der Waals surface area contributed by atoms with Gasteiger partial charge in [0.25, 0.3) is 0 Å². The van der Waals surface area contributed by atoms with Gasteiger partial charge in [0.2, 0.25) is 11.8 Å². The molecule has 2 N–H and O–H groups in total. The second-order valence-corrected chi connectivity index (χ2v) is 7.73. The van der Waals surface area contributed by atoms with E-state index < -0.39 is 0 Å². The molecule has 138 valence electrons. The maximum absolute atomic E-state index is 12.3. The van der Waals surface area contributed by atoms with Crippen LogP contribution >= 0.6 is 12.4 Å². The van der Waals surface area contributed by atoms with Crippen LogP contribution in [0.1, 0.15) is 51.9 Å². The Morgan fingerprint density at radius 3 is 2.46 bits per heavy atom. The zero-order valence-corrected chi connectivity index (χ0v) is 15.6. The zero-order valence-electron chi connectivity index (χ0n) is 14.8. The lowest BCUT2D eigenvalue weighted by molar-refractivity contribution is -0.133. The average molecular weight is 358 g/mol. The molecule has 2 atom stereocenters. The van der Waals surface area contributed by atoms with E-state index in [9.17, 15) is 9.59 Å². The molecule has 6 heteroatoms. The van der Waals surface area contributed by atoms with Crippen LogP contribution in [0.5, 0.6) is 0 Å². The van der Waals surface area contributed by atoms with Crippen molar-refractivity contribution in [1.29, 1.82) is 0 Å². The molecule has 0 radical (unpaired) electrons. The Labute approximate surface area is 151 Å². The van der Waals surface area contributed by atoms with Gasteiger partial charge >= 0.3 is 0 Å². The van der Waals surface area contributed by atoms with Crippen LogP contribution in [-0.2, 0) is 9.59 Å². The molecule has 0 bridgehead atoms. The van der Waals surface area contributed by atoms with E-state index in [2.05, 4.69) is 17.6 Å². The summed E-state index contributed by atoms with van der Waals surface area (Å²) < 4.78 is 0. The molecule has 0 aromatic heterocycles. The number of hydrogen-bond donors (Lipinski definition) is 2. The number of amides is 2. The van der Waals surface area contributed by atoms with Gasteiger partial charge in [0.05, 0.1) is 0 Å². The van der Waals surface area contributed by atoms with Crippen LogP contribution in [0, 0.1) is 17.8 Å². The van der Waals surface area contributed by atoms with Crippen LogP contribution in [0.3, 0.4) is 0 Å². The molecule has 5 nitrogen and oxygen atoms in total. The van der Waals surface area contributed by atoms with Crippen LogP contribution < -0.4 is 10.6 Å². The van der Waals surface area contributed by atoms with Gasteiger partial charge in [-0.05, 0) is 63.5 Å². The maximum Gasteiger partial charge on any atom is 0.225 e. The minimum Gasteiger partial charge on any atom is -0.353 e. The summed E-state index contributed by atoms with van der Waals surface area (Å²) in [5, 5.41) is 6.63. The third kappa shape index (κ3) is 5.35. The Morgan fingerprint density at radius 2 is 1.88 bits per heavy atom. The summed E-state index contributed by atoms with van der Waals surface area (Å²) in [6.45, 7) is 5.99. The van der Waals surface area contributed by atoms with Gasteiger partial charge in [0, 0.05) is 31.5 Å². The molecular weight excluding hydrogens is 326 g/mol. The second kappa shape index (κ2) is 9.04. The van der Waals surface area contributed by atoms with Crippen molar-refractivity contribution in [1.82, 2.24) is 15.5 Å². The molecule has 1 aliphatic carbocycles. The lowest BCUT2D eigenvalue weighted by atomic mass is 9.85. The van der Waals surface area contributed by atoms with Crippen molar-refractivity contribution in [2.75, 3.05) is 26.2 Å². The molecule has 0 aromatic rings. The van der Waals surface area contributed by atoms with E-state index in [4.69, 9.17) is 0 Å². The standard InChI is InChI=1S/C18H31N3O2.ClH/c1-13(15-3-2-8-19-12-15)11-17(22)20-16-6-9-21(10-7-16)18(23)14-4-5-14;/h13-16,19H,2-12H2,1H3,(H,20,22);1H. The fraction of sp³-hybridized carbons (Fsp3) is 0.889. The minimum absolute atomic E-state index is 0. The lowest BCUT2D eigenvalue weighted by Gasteiger charge is -2.33. The third-order valence-electron chi connectivity index (χ3n) is 5.75. The van der Waals surface area contributed by atoms with Gasteiger partial charge in [-0.25, -0.2) is 0 Å². The number of halogens is 1. The molecule has 1 saturated carbocycles. The van der Waals surface area contributed by atoms with Gasteiger partial charge in [0.1, 0.15) is 0 Å². The summed E-state index contributed by atoms with van der Waals surface area (Å²) in [6.07, 6.45) is 7.06. The summed E-state index contributed by atoms with van der Waals surface area (Å²) in [6, 6.07) is 0.252. The molecule has 2 aliphatic heterocycles. The molecule has 3 aliphatic rings. The van der Waals surface area contributed by atoms with Crippen LogP contribution in [0.2, 0.25) is 0 Å². The Balaban J connectivity index is 0.00000208. The number of nitrogens with zero attached hydrogens (tertiary/aromatic N) is 1. The van der Waals surface area contributed by atoms with Crippen molar-refractivity contribution in [3.8, 4) is 0 Å². The first kappa shape index (κ1) is 19.5. The Hall–Kier alpha value is -0.810. The van der Waals surface area contributed by atoms with E-state index in [0.29, 0.717) is 30.1 Å². The first-order valence-corrected chi connectivity index (χ1v) is 9.42. The van der Waals surface area contributed by atoms with Crippen molar-refractivity contribution in [2.45, 2.75) is 57.9 Å². The number of rotatable bonds is 5. The fourth-order valence-corrected chi connectivity index (χ4v) is 3.94. The molecular formula is C18H32ClN3O2. The largest absolute Gasteiger partial charge is 0.353 e. The first-order valence-electron chi connectivity index (χ1n) is 9.42. The Morgan fingerprint density at radius 1 is 1.17 bits per heavy atom. The molecule has 0 aromatic carbocycles. The van der Waals surface area contributed by atoms with E-state index >= 15 is 0 Å². The van der Waals surface area contributed by atoms with Crippen molar-refractivity contribution in [3.63, 3.8) is 0 Å². The van der Waals surface area contributed by atoms with E-state index in [1.165, 1.54) is 12.8 Å². The van der Waals surface area contributed by atoms with Gasteiger partial charge in [-0.2, -0.15) is 0 Å². The monoisotopic (exact) mass is 357 g/mol. The highest BCUT2D eigenvalue weighted by atomic mass is 35.5. The molecule has 2 saturated heterocycles. The number of carbonyl (C=O) groups is 2. The van der Waals surface area contributed by atoms with E-state index in [0.717, 1.165) is 51.9 Å². The van der Waals surface area contributed by atoms with Crippen LogP contribution in [-0.4, -0.2) is 48.9 Å². The summed E-state index contributed by atoms with van der Waals surface area (Å²) in [7, 11) is 0. The highest BCUT2D eigenvalue weighted by Crippen LogP contribution is 2.32. The summed E-state index contributed by atoms with van der Waals surface area (Å²) in [5.74, 6) is 1.92. The quantitative estimate of drug-likeness (QED) is 0.790. The van der Waals surface area contributed by atoms with Crippen molar-refractivity contribution < 1.29 is 9.59 Å². The van der Waals surface area contributed by atoms with Crippen LogP contribution in [0.4, 0.5) is 0 Å². The van der Waals surface area contributed by atoms with Crippen molar-refractivity contribution in [2.24, 2.45) is 17.8 Å². The zero-order chi connectivity index (χ0) is 16.2. The first-order chi connectivity index (χ1) is 11.1. The summed E-state index contributed by atoms with van der Waals surface area (Å²) >= 11 is 0. The van der Waals surface area contributed by atoms with E-state index in [1.54, 1.807) is 0 Å². The Bertz CT molecular complexity index is 428. The molecule has 3 rings (SSSR count). The predicted octanol–water partition coefficient (Wildman–Crippen LogP) is 1.95. The normalized spacial score (nSPS) is 26.4. The number of likely N-dealkylation sites (tertiary alicyclic amines) is 1. The van der Waals surface area contributed by atoms with Crippen molar-refractivity contribution in [3.05, 3.63) is 0 Å². The van der Waals surface area contributed by atoms with E-state index in [1.807, 2.05) is 4.90 Å². The second-order valence-electron chi connectivity index (χ2n) is 7.73. The molecule has 2 unspecified atom stereocenters. The predicted molar refractivity (Wildman–Crippen MR) is 97.1 cm³/mol. The van der Waals surface area contributed by atoms with Gasteiger partial charge in [-0.1, -0.05) is 6.92 Å². The van der Waals surface area contributed by atoms with E-state index in [-0.39, 0.29) is 24.4 Å². The average Bonchev–Trinajstić information content (AvgIpc) is 3.40. The van der Waals surface area contributed by atoms with Gasteiger partial charge in [-0.3, -0.25) is 9.59 Å². The van der Waals surface area contributed by atoms with Gasteiger partial charge in [0.15, 0.2) is 0 Å². The minimum atomic E-state index is 0. The highest BCUT2D eigenvalue weighted by Gasteiger charge is 2.35. The number of nitrogens with one attached hydrogen (secondary N) is 2. The molecule has 0 spiro atoms. The molecule has 2 amide bonds. The topological polar surface area (TPSA) is 61.4 Å². The Kier molecular flexibility index (Phi) is 7.35. The number of piperidine rings is 2. The van der Waals surface area contributed by atoms with Crippen LogP contribution in [0.25, 0.3) is 0 Å².